The lowest BCUT2D eigenvalue weighted by molar-refractivity contribution is -0.123. The normalized spacial score (nSPS) is 12.2. The number of hydrogen-bond donors (Lipinski definition) is 1. The highest BCUT2D eigenvalue weighted by Gasteiger charge is 2.18. The fraction of sp³-hybridized carbons (Fsp3) is 0.312. The van der Waals surface area contributed by atoms with Crippen molar-refractivity contribution in [1.29, 1.82) is 0 Å². The van der Waals surface area contributed by atoms with Gasteiger partial charge in [0.25, 0.3) is 5.91 Å². The average molecular weight is 324 g/mol. The summed E-state index contributed by atoms with van der Waals surface area (Å²) in [5.41, 5.74) is 0. The highest BCUT2D eigenvalue weighted by Crippen LogP contribution is 2.18. The second-order valence-electron chi connectivity index (χ2n) is 5.16. The first-order valence-corrected chi connectivity index (χ1v) is 7.01. The van der Waals surface area contributed by atoms with Crippen LogP contribution in [0.5, 0.6) is 5.75 Å². The zero-order chi connectivity index (χ0) is 16.8. The largest absolute Gasteiger partial charge is 0.481 e. The van der Waals surface area contributed by atoms with E-state index in [1.807, 2.05) is 25.1 Å². The lowest BCUT2D eigenvalue weighted by atomic mass is 10.2. The molecule has 0 aliphatic carbocycles. The number of ether oxygens (including phenoxy) is 1. The van der Waals surface area contributed by atoms with E-state index in [1.165, 1.54) is 0 Å². The molecule has 1 heterocycles. The van der Waals surface area contributed by atoms with Gasteiger partial charge in [-0.15, -0.1) is 0 Å². The Morgan fingerprint density at radius 1 is 1.35 bits per heavy atom. The molecule has 0 saturated carbocycles. The number of amides is 1. The lowest BCUT2D eigenvalue weighted by Crippen LogP contribution is -2.36. The Labute approximate surface area is 132 Å². The van der Waals surface area contributed by atoms with Crippen LogP contribution in [0.3, 0.4) is 0 Å². The predicted molar refractivity (Wildman–Crippen MR) is 80.0 cm³/mol. The van der Waals surface area contributed by atoms with Crippen molar-refractivity contribution < 1.29 is 22.7 Å². The van der Waals surface area contributed by atoms with Gasteiger partial charge >= 0.3 is 0 Å². The van der Waals surface area contributed by atoms with Gasteiger partial charge in [-0.2, -0.15) is 0 Å². The van der Waals surface area contributed by atoms with Gasteiger partial charge in [-0.3, -0.25) is 9.69 Å². The number of carbonyl (C=O) groups excluding carboxylic acids is 1. The monoisotopic (exact) mass is 324 g/mol. The maximum Gasteiger partial charge on any atom is 0.258 e. The summed E-state index contributed by atoms with van der Waals surface area (Å²) in [6, 6.07) is 6.37. The van der Waals surface area contributed by atoms with Gasteiger partial charge in [-0.25, -0.2) is 8.78 Å². The Morgan fingerprint density at radius 2 is 2.13 bits per heavy atom. The molecular weight excluding hydrogens is 306 g/mol. The molecule has 1 aromatic heterocycles. The molecule has 1 atom stereocenters. The fourth-order valence-electron chi connectivity index (χ4n) is 2.02. The van der Waals surface area contributed by atoms with Gasteiger partial charge in [0.2, 0.25) is 0 Å². The standard InChI is InChI=1S/C16H18F2N2O3/c1-20(2)13(15-4-3-7-22-15)9-19-16(21)10-23-14-6-5-11(17)8-12(14)18/h3-8,13H,9-10H2,1-2H3,(H,19,21)/t13-/m1/s1. The zero-order valence-corrected chi connectivity index (χ0v) is 12.9. The quantitative estimate of drug-likeness (QED) is 0.849. The molecule has 23 heavy (non-hydrogen) atoms. The number of benzene rings is 1. The van der Waals surface area contributed by atoms with Crippen LogP contribution in [0.25, 0.3) is 0 Å². The van der Waals surface area contributed by atoms with Crippen molar-refractivity contribution in [2.45, 2.75) is 6.04 Å². The summed E-state index contributed by atoms with van der Waals surface area (Å²) in [4.78, 5) is 13.7. The van der Waals surface area contributed by atoms with Gasteiger partial charge in [0, 0.05) is 12.6 Å². The van der Waals surface area contributed by atoms with Crippen LogP contribution >= 0.6 is 0 Å². The zero-order valence-electron chi connectivity index (χ0n) is 12.9. The van der Waals surface area contributed by atoms with E-state index in [0.717, 1.165) is 17.9 Å². The third kappa shape index (κ3) is 4.79. The topological polar surface area (TPSA) is 54.7 Å². The first-order chi connectivity index (χ1) is 11.0. The average Bonchev–Trinajstić information content (AvgIpc) is 3.00. The minimum absolute atomic E-state index is 0.128. The molecule has 1 amide bonds. The number of carbonyl (C=O) groups is 1. The van der Waals surface area contributed by atoms with E-state index < -0.39 is 17.5 Å². The molecule has 1 N–H and O–H groups in total. The van der Waals surface area contributed by atoms with Gasteiger partial charge in [-0.05, 0) is 38.4 Å². The molecular formula is C16H18F2N2O3. The van der Waals surface area contributed by atoms with Crippen molar-refractivity contribution >= 4 is 5.91 Å². The lowest BCUT2D eigenvalue weighted by Gasteiger charge is -2.22. The maximum atomic E-state index is 13.4. The van der Waals surface area contributed by atoms with Crippen LogP contribution in [-0.4, -0.2) is 38.1 Å². The number of likely N-dealkylation sites (N-methyl/N-ethyl adjacent to an activating group) is 1. The Morgan fingerprint density at radius 3 is 2.74 bits per heavy atom. The molecule has 0 spiro atoms. The second kappa shape index (κ2) is 7.73. The van der Waals surface area contributed by atoms with Crippen LogP contribution in [0.15, 0.2) is 41.0 Å². The molecule has 0 aliphatic heterocycles. The Kier molecular flexibility index (Phi) is 5.70. The number of nitrogens with one attached hydrogen (secondary N) is 1. The van der Waals surface area contributed by atoms with Crippen molar-refractivity contribution in [1.82, 2.24) is 10.2 Å². The van der Waals surface area contributed by atoms with Gasteiger partial charge in [0.05, 0.1) is 12.3 Å². The highest BCUT2D eigenvalue weighted by molar-refractivity contribution is 5.77. The maximum absolute atomic E-state index is 13.4. The number of hydrogen-bond acceptors (Lipinski definition) is 4. The van der Waals surface area contributed by atoms with E-state index >= 15 is 0 Å². The summed E-state index contributed by atoms with van der Waals surface area (Å²) in [5, 5.41) is 2.69. The van der Waals surface area contributed by atoms with Crippen molar-refractivity contribution in [3.05, 3.63) is 54.0 Å². The molecule has 0 saturated heterocycles. The van der Waals surface area contributed by atoms with Crippen LogP contribution in [0.4, 0.5) is 8.78 Å². The van der Waals surface area contributed by atoms with Crippen LogP contribution in [0.1, 0.15) is 11.8 Å². The molecule has 0 unspecified atom stereocenters. The van der Waals surface area contributed by atoms with E-state index in [1.54, 1.807) is 12.3 Å². The summed E-state index contributed by atoms with van der Waals surface area (Å²) >= 11 is 0. The van der Waals surface area contributed by atoms with Crippen LogP contribution in [0.2, 0.25) is 0 Å². The van der Waals surface area contributed by atoms with E-state index in [-0.39, 0.29) is 18.4 Å². The molecule has 2 rings (SSSR count). The fourth-order valence-corrected chi connectivity index (χ4v) is 2.02. The minimum Gasteiger partial charge on any atom is -0.481 e. The van der Waals surface area contributed by atoms with Crippen molar-refractivity contribution in [3.8, 4) is 5.75 Å². The molecule has 1 aromatic carbocycles. The van der Waals surface area contributed by atoms with E-state index in [2.05, 4.69) is 5.32 Å². The van der Waals surface area contributed by atoms with Crippen molar-refractivity contribution in [2.75, 3.05) is 27.2 Å². The van der Waals surface area contributed by atoms with E-state index in [4.69, 9.17) is 9.15 Å². The molecule has 2 aromatic rings. The molecule has 7 heteroatoms. The summed E-state index contributed by atoms with van der Waals surface area (Å²) in [5.74, 6) is -1.41. The Hall–Kier alpha value is -2.41. The first-order valence-electron chi connectivity index (χ1n) is 7.01. The van der Waals surface area contributed by atoms with Crippen molar-refractivity contribution in [2.24, 2.45) is 0 Å². The minimum atomic E-state index is -0.848. The molecule has 0 aliphatic rings. The SMILES string of the molecule is CN(C)[C@H](CNC(=O)COc1ccc(F)cc1F)c1ccco1. The van der Waals surface area contributed by atoms with Crippen LogP contribution < -0.4 is 10.1 Å². The predicted octanol–water partition coefficient (Wildman–Crippen LogP) is 2.36. The van der Waals surface area contributed by atoms with Gasteiger partial charge in [0.15, 0.2) is 18.2 Å². The van der Waals surface area contributed by atoms with Gasteiger partial charge in [0.1, 0.15) is 11.6 Å². The summed E-state index contributed by atoms with van der Waals surface area (Å²) in [6.45, 7) is -0.0462. The van der Waals surface area contributed by atoms with Crippen LogP contribution in [-0.2, 0) is 4.79 Å². The molecule has 124 valence electrons. The van der Waals surface area contributed by atoms with E-state index in [0.29, 0.717) is 12.6 Å². The van der Waals surface area contributed by atoms with E-state index in [9.17, 15) is 13.6 Å². The number of furan rings is 1. The third-order valence-corrected chi connectivity index (χ3v) is 3.24. The molecule has 0 fully saturated rings. The third-order valence-electron chi connectivity index (χ3n) is 3.24. The summed E-state index contributed by atoms with van der Waals surface area (Å²) < 4.78 is 36.6. The first kappa shape index (κ1) is 17.0. The molecule has 5 nitrogen and oxygen atoms in total. The molecule has 0 radical (unpaired) electrons. The number of halogens is 2. The van der Waals surface area contributed by atoms with Crippen molar-refractivity contribution in [3.63, 3.8) is 0 Å². The molecule has 0 bridgehead atoms. The highest BCUT2D eigenvalue weighted by atomic mass is 19.1. The smallest absolute Gasteiger partial charge is 0.258 e. The summed E-state index contributed by atoms with van der Waals surface area (Å²) in [7, 11) is 3.73. The van der Waals surface area contributed by atoms with Gasteiger partial charge in [-0.1, -0.05) is 0 Å². The number of rotatable bonds is 7. The Bertz CT molecular complexity index is 645. The Balaban J connectivity index is 1.84. The van der Waals surface area contributed by atoms with Crippen LogP contribution in [0, 0.1) is 11.6 Å². The summed E-state index contributed by atoms with van der Waals surface area (Å²) in [6.07, 6.45) is 1.56. The number of nitrogens with zero attached hydrogens (tertiary/aromatic N) is 1. The second-order valence-corrected chi connectivity index (χ2v) is 5.16. The van der Waals surface area contributed by atoms with Gasteiger partial charge < -0.3 is 14.5 Å².